The van der Waals surface area contributed by atoms with Crippen LogP contribution in [0.3, 0.4) is 0 Å². The van der Waals surface area contributed by atoms with Crippen LogP contribution in [0.5, 0.6) is 0 Å². The van der Waals surface area contributed by atoms with E-state index in [4.69, 9.17) is 17.1 Å². The SMILES string of the molecule is CC(C)(C)C#N.[C-]#N.[Pt+2].[c-]1cccc2ccc3cccnc3c12. The van der Waals surface area contributed by atoms with E-state index >= 15 is 0 Å². The molecule has 0 atom stereocenters. The maximum absolute atomic E-state index is 8.15. The maximum atomic E-state index is 8.15. The van der Waals surface area contributed by atoms with Gasteiger partial charge in [0.2, 0.25) is 0 Å². The van der Waals surface area contributed by atoms with Crippen LogP contribution in [0.1, 0.15) is 20.8 Å². The van der Waals surface area contributed by atoms with Gasteiger partial charge >= 0.3 is 21.1 Å². The number of benzene rings is 2. The van der Waals surface area contributed by atoms with Crippen LogP contribution >= 0.6 is 0 Å². The number of nitriles is 1. The van der Waals surface area contributed by atoms with Crippen molar-refractivity contribution in [3.05, 3.63) is 61.3 Å². The van der Waals surface area contributed by atoms with Crippen LogP contribution in [-0.4, -0.2) is 4.98 Å². The molecule has 0 radical (unpaired) electrons. The summed E-state index contributed by atoms with van der Waals surface area (Å²) in [5.74, 6) is 0. The minimum Gasteiger partial charge on any atom is -0.512 e. The van der Waals surface area contributed by atoms with Crippen LogP contribution in [-0.2, 0) is 21.1 Å². The minimum atomic E-state index is -0.153. The number of rotatable bonds is 0. The number of hydrogen-bond donors (Lipinski definition) is 0. The van der Waals surface area contributed by atoms with Crippen molar-refractivity contribution in [3.63, 3.8) is 0 Å². The van der Waals surface area contributed by atoms with Crippen LogP contribution < -0.4 is 0 Å². The Balaban J connectivity index is 0.000000466. The normalized spacial score (nSPS) is 9.39. The van der Waals surface area contributed by atoms with Gasteiger partial charge in [-0.25, -0.2) is 0 Å². The quantitative estimate of drug-likeness (QED) is 0.341. The fourth-order valence-electron chi connectivity index (χ4n) is 1.73. The summed E-state index contributed by atoms with van der Waals surface area (Å²) in [6.07, 6.45) is 1.82. The number of pyridine rings is 1. The van der Waals surface area contributed by atoms with Crippen molar-refractivity contribution in [3.8, 4) is 6.07 Å². The Bertz CT molecular complexity index is 756. The van der Waals surface area contributed by atoms with Gasteiger partial charge in [-0.1, -0.05) is 18.2 Å². The summed E-state index contributed by atoms with van der Waals surface area (Å²) in [6.45, 7) is 10.4. The number of nitrogens with zero attached hydrogens (tertiary/aromatic N) is 3. The molecule has 23 heavy (non-hydrogen) atoms. The predicted molar refractivity (Wildman–Crippen MR) is 88.1 cm³/mol. The Hall–Kier alpha value is -2.22. The van der Waals surface area contributed by atoms with Crippen LogP contribution in [0, 0.1) is 34.6 Å². The molecule has 3 aromatic rings. The van der Waals surface area contributed by atoms with Crippen LogP contribution in [0.25, 0.3) is 21.7 Å². The first-order valence-electron chi connectivity index (χ1n) is 6.79. The number of aromatic nitrogens is 1. The van der Waals surface area contributed by atoms with E-state index in [9.17, 15) is 0 Å². The molecule has 0 aliphatic heterocycles. The van der Waals surface area contributed by atoms with Gasteiger partial charge in [-0.15, -0.1) is 35.0 Å². The van der Waals surface area contributed by atoms with E-state index in [1.807, 2.05) is 45.2 Å². The molecule has 0 spiro atoms. The minimum absolute atomic E-state index is 0. The van der Waals surface area contributed by atoms with Crippen molar-refractivity contribution < 1.29 is 21.1 Å². The molecule has 3 nitrogen and oxygen atoms in total. The van der Waals surface area contributed by atoms with Gasteiger partial charge in [-0.05, 0) is 37.7 Å². The molecule has 0 saturated heterocycles. The fraction of sp³-hybridized carbons (Fsp3) is 0.211. The molecule has 4 heteroatoms. The second-order valence-corrected chi connectivity index (χ2v) is 5.64. The number of fused-ring (bicyclic) bond motifs is 3. The van der Waals surface area contributed by atoms with Gasteiger partial charge in [-0.3, -0.25) is 0 Å². The van der Waals surface area contributed by atoms with Gasteiger partial charge in [0.15, 0.2) is 0 Å². The fourth-order valence-corrected chi connectivity index (χ4v) is 1.73. The summed E-state index contributed by atoms with van der Waals surface area (Å²) in [6, 6.07) is 19.6. The molecular weight excluding hydrogens is 465 g/mol. The first-order chi connectivity index (χ1) is 10.5. The molecule has 0 unspecified atom stereocenters. The second-order valence-electron chi connectivity index (χ2n) is 5.64. The summed E-state index contributed by atoms with van der Waals surface area (Å²) >= 11 is 0. The van der Waals surface area contributed by atoms with Crippen molar-refractivity contribution in [1.29, 1.82) is 10.5 Å². The zero-order valence-corrected chi connectivity index (χ0v) is 15.5. The molecule has 1 heterocycles. The van der Waals surface area contributed by atoms with Crippen molar-refractivity contribution in [2.45, 2.75) is 20.8 Å². The smallest absolute Gasteiger partial charge is 0.512 e. The molecule has 0 saturated carbocycles. The van der Waals surface area contributed by atoms with Crippen LogP contribution in [0.4, 0.5) is 0 Å². The Labute approximate surface area is 151 Å². The van der Waals surface area contributed by atoms with Crippen LogP contribution in [0.15, 0.2) is 48.7 Å². The summed E-state index contributed by atoms with van der Waals surface area (Å²) in [7, 11) is 0. The van der Waals surface area contributed by atoms with E-state index in [1.165, 1.54) is 10.8 Å². The molecule has 0 aliphatic carbocycles. The van der Waals surface area contributed by atoms with E-state index in [1.54, 1.807) is 0 Å². The van der Waals surface area contributed by atoms with Gasteiger partial charge < -0.3 is 16.8 Å². The van der Waals surface area contributed by atoms with Crippen molar-refractivity contribution in [1.82, 2.24) is 4.98 Å². The van der Waals surface area contributed by atoms with E-state index < -0.39 is 0 Å². The average Bonchev–Trinajstić information content (AvgIpc) is 2.56. The molecule has 0 fully saturated rings. The zero-order chi connectivity index (χ0) is 16.6. The summed E-state index contributed by atoms with van der Waals surface area (Å²) in [5, 5.41) is 17.9. The Kier molecular flexibility index (Phi) is 8.79. The van der Waals surface area contributed by atoms with Gasteiger partial charge in [0, 0.05) is 11.6 Å². The number of hydrogen-bond acceptors (Lipinski definition) is 3. The largest absolute Gasteiger partial charge is 2.00 e. The Morgan fingerprint density at radius 3 is 2.22 bits per heavy atom. The molecule has 0 aliphatic rings. The van der Waals surface area contributed by atoms with E-state index in [0.29, 0.717) is 0 Å². The van der Waals surface area contributed by atoms with Crippen molar-refractivity contribution in [2.75, 3.05) is 0 Å². The van der Waals surface area contributed by atoms with Gasteiger partial charge in [0.05, 0.1) is 6.07 Å². The van der Waals surface area contributed by atoms with Crippen LogP contribution in [0.2, 0.25) is 0 Å². The molecular formula is C19H17N3Pt. The van der Waals surface area contributed by atoms with Crippen molar-refractivity contribution in [2.24, 2.45) is 5.41 Å². The monoisotopic (exact) mass is 482 g/mol. The Morgan fingerprint density at radius 1 is 1.04 bits per heavy atom. The first kappa shape index (κ1) is 20.8. The third-order valence-electron chi connectivity index (χ3n) is 2.74. The summed E-state index contributed by atoms with van der Waals surface area (Å²) in [5.41, 5.74) is 0.880. The van der Waals surface area contributed by atoms with E-state index in [0.717, 1.165) is 10.9 Å². The van der Waals surface area contributed by atoms with Crippen molar-refractivity contribution >= 4 is 21.7 Å². The van der Waals surface area contributed by atoms with E-state index in [-0.39, 0.29) is 26.5 Å². The Morgan fingerprint density at radius 2 is 1.61 bits per heavy atom. The topological polar surface area (TPSA) is 60.5 Å². The maximum Gasteiger partial charge on any atom is 2.00 e. The molecule has 1 aromatic heterocycles. The second kappa shape index (κ2) is 9.73. The molecule has 0 bridgehead atoms. The third kappa shape index (κ3) is 6.19. The molecule has 0 N–H and O–H groups in total. The molecule has 3 rings (SSSR count). The average molecular weight is 482 g/mol. The molecule has 0 amide bonds. The van der Waals surface area contributed by atoms with Gasteiger partial charge in [-0.2, -0.15) is 5.26 Å². The molecule has 118 valence electrons. The summed E-state index contributed by atoms with van der Waals surface area (Å²) < 4.78 is 0. The third-order valence-corrected chi connectivity index (χ3v) is 2.74. The van der Waals surface area contributed by atoms with Gasteiger partial charge in [0.1, 0.15) is 0 Å². The zero-order valence-electron chi connectivity index (χ0n) is 13.3. The van der Waals surface area contributed by atoms with Gasteiger partial charge in [0.25, 0.3) is 0 Å². The summed E-state index contributed by atoms with van der Waals surface area (Å²) in [4.78, 5) is 4.38. The predicted octanol–water partition coefficient (Wildman–Crippen LogP) is 4.84. The first-order valence-corrected chi connectivity index (χ1v) is 6.79. The molecule has 2 aromatic carbocycles. The van der Waals surface area contributed by atoms with E-state index in [2.05, 4.69) is 41.4 Å². The standard InChI is InChI=1S/C13H8N.C5H9N.CN.Pt/c1-2-6-12-10(4-1)7-8-11-5-3-9-14-13(11)12;1-5(2,3)4-6;1-2;/h1-5,7-9H;1-3H3;;/q-1;;-1;+2.